The van der Waals surface area contributed by atoms with Crippen molar-refractivity contribution in [1.29, 1.82) is 0 Å². The fourth-order valence-corrected chi connectivity index (χ4v) is 4.04. The summed E-state index contributed by atoms with van der Waals surface area (Å²) in [6.45, 7) is 3.11. The van der Waals surface area contributed by atoms with Gasteiger partial charge in [0.2, 0.25) is 0 Å². The molecule has 0 aliphatic rings. The van der Waals surface area contributed by atoms with Gasteiger partial charge in [0.05, 0.1) is 23.2 Å². The van der Waals surface area contributed by atoms with Crippen LogP contribution in [0.4, 0.5) is 15.1 Å². The molecule has 32 heavy (non-hydrogen) atoms. The van der Waals surface area contributed by atoms with Crippen LogP contribution >= 0.6 is 11.3 Å². The summed E-state index contributed by atoms with van der Waals surface area (Å²) < 4.78 is 24.2. The van der Waals surface area contributed by atoms with Crippen LogP contribution in [0.5, 0.6) is 5.75 Å². The molecule has 0 atom stereocenters. The van der Waals surface area contributed by atoms with Crippen LogP contribution in [0.25, 0.3) is 0 Å². The molecule has 0 saturated heterocycles. The topological polar surface area (TPSA) is 93.7 Å². The Morgan fingerprint density at radius 2 is 1.69 bits per heavy atom. The lowest BCUT2D eigenvalue weighted by Crippen LogP contribution is -2.21. The number of para-hydroxylation sites is 2. The molecule has 2 N–H and O–H groups in total. The quantitative estimate of drug-likeness (QED) is 0.509. The van der Waals surface area contributed by atoms with Crippen molar-refractivity contribution in [3.05, 3.63) is 75.9 Å². The van der Waals surface area contributed by atoms with Gasteiger partial charge in [-0.25, -0.2) is 9.18 Å². The van der Waals surface area contributed by atoms with Crippen LogP contribution in [-0.4, -0.2) is 31.5 Å². The van der Waals surface area contributed by atoms with Crippen molar-refractivity contribution in [2.24, 2.45) is 0 Å². The van der Waals surface area contributed by atoms with Gasteiger partial charge in [0.1, 0.15) is 16.6 Å². The maximum Gasteiger partial charge on any atom is 0.341 e. The first-order valence-electron chi connectivity index (χ1n) is 9.57. The molecule has 0 saturated carbocycles. The highest BCUT2D eigenvalue weighted by Gasteiger charge is 2.26. The van der Waals surface area contributed by atoms with Gasteiger partial charge in [-0.1, -0.05) is 30.3 Å². The van der Waals surface area contributed by atoms with E-state index in [4.69, 9.17) is 9.47 Å². The fourth-order valence-electron chi connectivity index (χ4n) is 2.93. The largest absolute Gasteiger partial charge is 0.483 e. The molecular weight excluding hydrogens is 435 g/mol. The lowest BCUT2D eigenvalue weighted by Gasteiger charge is -2.09. The Bertz CT molecular complexity index is 1170. The number of benzene rings is 2. The molecule has 0 aliphatic heterocycles. The molecule has 2 amide bonds. The summed E-state index contributed by atoms with van der Waals surface area (Å²) in [6.07, 6.45) is 0. The summed E-state index contributed by atoms with van der Waals surface area (Å²) in [5, 5.41) is 5.23. The molecule has 0 spiro atoms. The Morgan fingerprint density at radius 3 is 2.38 bits per heavy atom. The zero-order chi connectivity index (χ0) is 23.3. The first kappa shape index (κ1) is 23.0. The number of esters is 1. The van der Waals surface area contributed by atoms with E-state index in [9.17, 15) is 18.8 Å². The molecule has 0 bridgehead atoms. The third-order valence-electron chi connectivity index (χ3n) is 4.57. The number of thiophene rings is 1. The van der Waals surface area contributed by atoms with Gasteiger partial charge >= 0.3 is 5.97 Å². The van der Waals surface area contributed by atoms with E-state index in [1.807, 2.05) is 19.1 Å². The summed E-state index contributed by atoms with van der Waals surface area (Å²) in [5.74, 6) is -1.87. The average molecular weight is 456 g/mol. The van der Waals surface area contributed by atoms with Crippen LogP contribution in [0.2, 0.25) is 0 Å². The molecule has 166 valence electrons. The highest BCUT2D eigenvalue weighted by molar-refractivity contribution is 7.18. The molecular formula is C23H21FN2O5S. The maximum absolute atomic E-state index is 13.9. The summed E-state index contributed by atoms with van der Waals surface area (Å²) in [4.78, 5) is 37.7. The molecule has 1 aromatic heterocycles. The van der Waals surface area contributed by atoms with Crippen molar-refractivity contribution in [2.75, 3.05) is 24.4 Å². The highest BCUT2D eigenvalue weighted by atomic mass is 32.1. The number of nitrogens with one attached hydrogen (secondary N) is 2. The molecule has 3 aromatic rings. The van der Waals surface area contributed by atoms with Crippen molar-refractivity contribution in [3.8, 4) is 5.75 Å². The van der Waals surface area contributed by atoms with Crippen molar-refractivity contribution in [1.82, 2.24) is 0 Å². The Kier molecular flexibility index (Phi) is 7.21. The predicted molar refractivity (Wildman–Crippen MR) is 120 cm³/mol. The third-order valence-corrected chi connectivity index (χ3v) is 5.78. The molecule has 0 aliphatic carbocycles. The summed E-state index contributed by atoms with van der Waals surface area (Å²) in [6, 6.07) is 13.0. The van der Waals surface area contributed by atoms with Gasteiger partial charge in [-0.2, -0.15) is 0 Å². The number of anilines is 2. The van der Waals surface area contributed by atoms with E-state index in [0.717, 1.165) is 16.9 Å². The van der Waals surface area contributed by atoms with Crippen molar-refractivity contribution >= 4 is 39.8 Å². The zero-order valence-corrected chi connectivity index (χ0v) is 18.5. The number of halogens is 1. The number of hydrogen-bond acceptors (Lipinski definition) is 6. The summed E-state index contributed by atoms with van der Waals surface area (Å²) >= 11 is 0.893. The minimum absolute atomic E-state index is 0.00198. The van der Waals surface area contributed by atoms with Gasteiger partial charge in [0.15, 0.2) is 6.61 Å². The number of aryl methyl sites for hydroxylation is 1. The van der Waals surface area contributed by atoms with Crippen LogP contribution in [0.15, 0.2) is 48.5 Å². The molecule has 3 rings (SSSR count). The van der Waals surface area contributed by atoms with Gasteiger partial charge in [0.25, 0.3) is 11.8 Å². The first-order valence-corrected chi connectivity index (χ1v) is 10.4. The molecule has 0 radical (unpaired) electrons. The predicted octanol–water partition coefficient (Wildman–Crippen LogP) is 4.56. The monoisotopic (exact) mass is 456 g/mol. The number of hydrogen-bond donors (Lipinski definition) is 2. The van der Waals surface area contributed by atoms with E-state index >= 15 is 0 Å². The molecule has 2 aromatic carbocycles. The molecule has 1 heterocycles. The number of methoxy groups -OCH3 is 1. The second kappa shape index (κ2) is 10.1. The molecule has 0 unspecified atom stereocenters. The lowest BCUT2D eigenvalue weighted by atomic mass is 10.1. The normalized spacial score (nSPS) is 10.4. The van der Waals surface area contributed by atoms with Gasteiger partial charge in [0, 0.05) is 0 Å². The van der Waals surface area contributed by atoms with E-state index < -0.39 is 23.6 Å². The van der Waals surface area contributed by atoms with E-state index in [2.05, 4.69) is 10.6 Å². The summed E-state index contributed by atoms with van der Waals surface area (Å²) in [7, 11) is 1.20. The first-order chi connectivity index (χ1) is 15.3. The van der Waals surface area contributed by atoms with Gasteiger partial charge < -0.3 is 20.1 Å². The second-order valence-electron chi connectivity index (χ2n) is 6.79. The van der Waals surface area contributed by atoms with Crippen molar-refractivity contribution in [3.63, 3.8) is 0 Å². The van der Waals surface area contributed by atoms with Gasteiger partial charge in [-0.05, 0) is 43.2 Å². The Labute approximate surface area is 188 Å². The van der Waals surface area contributed by atoms with Gasteiger partial charge in [-0.15, -0.1) is 11.3 Å². The highest BCUT2D eigenvalue weighted by Crippen LogP contribution is 2.34. The standard InChI is InChI=1S/C23H21FN2O5S/c1-13-8-4-7-11-17(13)31-12-18(27)26-22-19(23(29)30-3)14(2)20(32-22)21(28)25-16-10-6-5-9-15(16)24/h4-11H,12H2,1-3H3,(H,25,28)(H,26,27). The zero-order valence-electron chi connectivity index (χ0n) is 17.7. The van der Waals surface area contributed by atoms with E-state index in [-0.39, 0.29) is 27.7 Å². The van der Waals surface area contributed by atoms with E-state index in [1.54, 1.807) is 25.1 Å². The fraction of sp³-hybridized carbons (Fsp3) is 0.174. The molecule has 9 heteroatoms. The van der Waals surface area contributed by atoms with E-state index in [0.29, 0.717) is 11.3 Å². The number of rotatable bonds is 7. The Hall–Kier alpha value is -3.72. The minimum atomic E-state index is -0.709. The average Bonchev–Trinajstić information content (AvgIpc) is 3.10. The Balaban J connectivity index is 1.81. The SMILES string of the molecule is COC(=O)c1c(NC(=O)COc2ccccc2C)sc(C(=O)Nc2ccccc2F)c1C. The number of carbonyl (C=O) groups is 3. The summed E-state index contributed by atoms with van der Waals surface area (Å²) in [5.41, 5.74) is 1.24. The van der Waals surface area contributed by atoms with Crippen LogP contribution in [-0.2, 0) is 9.53 Å². The van der Waals surface area contributed by atoms with Crippen LogP contribution in [0, 0.1) is 19.7 Å². The smallest absolute Gasteiger partial charge is 0.341 e. The molecule has 7 nitrogen and oxygen atoms in total. The lowest BCUT2D eigenvalue weighted by molar-refractivity contribution is -0.118. The maximum atomic E-state index is 13.9. The van der Waals surface area contributed by atoms with Crippen LogP contribution in [0.1, 0.15) is 31.2 Å². The third kappa shape index (κ3) is 5.12. The van der Waals surface area contributed by atoms with Crippen molar-refractivity contribution < 1.29 is 28.2 Å². The van der Waals surface area contributed by atoms with Crippen LogP contribution in [0.3, 0.4) is 0 Å². The van der Waals surface area contributed by atoms with Gasteiger partial charge in [-0.3, -0.25) is 9.59 Å². The number of amides is 2. The van der Waals surface area contributed by atoms with Crippen LogP contribution < -0.4 is 15.4 Å². The number of carbonyl (C=O) groups excluding carboxylic acids is 3. The minimum Gasteiger partial charge on any atom is -0.483 e. The second-order valence-corrected chi connectivity index (χ2v) is 7.81. The number of ether oxygens (including phenoxy) is 2. The Morgan fingerprint density at radius 1 is 1.00 bits per heavy atom. The molecule has 0 fully saturated rings. The van der Waals surface area contributed by atoms with Crippen molar-refractivity contribution in [2.45, 2.75) is 13.8 Å². The van der Waals surface area contributed by atoms with E-state index in [1.165, 1.54) is 25.3 Å².